The van der Waals surface area contributed by atoms with Gasteiger partial charge in [0.25, 0.3) is 0 Å². The lowest BCUT2D eigenvalue weighted by atomic mass is 9.93. The summed E-state index contributed by atoms with van der Waals surface area (Å²) in [5, 5.41) is 3.77. The summed E-state index contributed by atoms with van der Waals surface area (Å²) in [6, 6.07) is 54.1. The van der Waals surface area contributed by atoms with Crippen molar-refractivity contribution in [2.24, 2.45) is 0 Å². The van der Waals surface area contributed by atoms with Gasteiger partial charge in [0, 0.05) is 65.1 Å². The van der Waals surface area contributed by atoms with Crippen LogP contribution < -0.4 is 0 Å². The van der Waals surface area contributed by atoms with E-state index in [2.05, 4.69) is 63.1 Å². The second-order valence-electron chi connectivity index (χ2n) is 14.7. The Balaban J connectivity index is 0.000000401. The van der Waals surface area contributed by atoms with E-state index in [-0.39, 0.29) is 0 Å². The Hall–Kier alpha value is -6.73. The van der Waals surface area contributed by atoms with Gasteiger partial charge in [0.2, 0.25) is 0 Å². The zero-order valence-electron chi connectivity index (χ0n) is 32.8. The molecule has 0 saturated carbocycles. The van der Waals surface area contributed by atoms with E-state index in [4.69, 9.17) is 56.4 Å². The molecule has 11 rings (SSSR count). The van der Waals surface area contributed by atoms with Crippen LogP contribution in [0.1, 0.15) is 22.8 Å². The first-order chi connectivity index (χ1) is 30.3. The van der Waals surface area contributed by atoms with Crippen LogP contribution in [-0.4, -0.2) is 24.5 Å². The van der Waals surface area contributed by atoms with E-state index in [0.29, 0.717) is 20.1 Å². The van der Waals surface area contributed by atoms with Crippen molar-refractivity contribution in [3.8, 4) is 39.1 Å². The number of para-hydroxylation sites is 1. The van der Waals surface area contributed by atoms with E-state index in [0.717, 1.165) is 89.4 Å². The molecule has 0 saturated heterocycles. The van der Waals surface area contributed by atoms with Crippen molar-refractivity contribution < 1.29 is 0 Å². The molecule has 4 aromatic heterocycles. The Kier molecular flexibility index (Phi) is 10.8. The predicted molar refractivity (Wildman–Crippen MR) is 262 cm³/mol. The van der Waals surface area contributed by atoms with Gasteiger partial charge in [-0.25, -0.2) is 9.97 Å². The first-order valence-corrected chi connectivity index (χ1v) is 21.3. The van der Waals surface area contributed by atoms with Gasteiger partial charge in [0.05, 0.1) is 39.3 Å². The molecule has 6 heterocycles. The second kappa shape index (κ2) is 17.0. The highest BCUT2D eigenvalue weighted by atomic mass is 35.5. The lowest BCUT2D eigenvalue weighted by Gasteiger charge is -2.14. The first-order valence-electron chi connectivity index (χ1n) is 19.8. The molecule has 1 N–H and O–H groups in total. The fraction of sp³-hybridized carbons (Fsp3) is 0. The molecule has 2 aliphatic heterocycles. The maximum atomic E-state index is 6.52. The average Bonchev–Trinajstić information content (AvgIpc) is 4.11. The predicted octanol–water partition coefficient (Wildman–Crippen LogP) is 16.0. The summed E-state index contributed by atoms with van der Waals surface area (Å²) in [4.78, 5) is 18.0. The topological polar surface area (TPSA) is 59.4 Å². The number of rotatable bonds is 4. The number of aromatic nitrogens is 5. The van der Waals surface area contributed by atoms with Crippen LogP contribution >= 0.6 is 46.4 Å². The number of hydrogen-bond donors (Lipinski definition) is 1. The molecule has 0 spiro atoms. The molecule has 5 nitrogen and oxygen atoms in total. The van der Waals surface area contributed by atoms with Crippen LogP contribution in [0.2, 0.25) is 20.1 Å². The van der Waals surface area contributed by atoms with Gasteiger partial charge in [-0.1, -0.05) is 107 Å². The van der Waals surface area contributed by atoms with Gasteiger partial charge in [0.1, 0.15) is 0 Å². The van der Waals surface area contributed by atoms with Crippen molar-refractivity contribution in [2.45, 2.75) is 0 Å². The number of halogens is 4. The third-order valence-corrected chi connectivity index (χ3v) is 11.7. The van der Waals surface area contributed by atoms with Gasteiger partial charge in [0.15, 0.2) is 0 Å². The summed E-state index contributed by atoms with van der Waals surface area (Å²) in [5.41, 5.74) is 14.7. The molecule has 298 valence electrons. The SMILES string of the molecule is Clc1ccc(-c2c(-c3ccc(Cl)cc3)c3c(-c4ccc(Cl)cc4)c4nc(cc5ccc(cc6nc(cc2n3-c2ccc(Cl)cc2)C=C6)[nH]5)C=C4)cc1.c1ccc2ncccc2c1. The van der Waals surface area contributed by atoms with Gasteiger partial charge < -0.3 is 9.55 Å². The maximum absolute atomic E-state index is 6.52. The van der Waals surface area contributed by atoms with Crippen LogP contribution in [-0.2, 0) is 0 Å². The van der Waals surface area contributed by atoms with Crippen LogP contribution in [0.3, 0.4) is 0 Å². The van der Waals surface area contributed by atoms with Gasteiger partial charge in [-0.3, -0.25) is 4.98 Å². The Morgan fingerprint density at radius 1 is 0.435 bits per heavy atom. The fourth-order valence-corrected chi connectivity index (χ4v) is 8.38. The maximum Gasteiger partial charge on any atom is 0.0737 e. The Morgan fingerprint density at radius 2 is 0.935 bits per heavy atom. The molecule has 5 aromatic carbocycles. The summed E-state index contributed by atoms with van der Waals surface area (Å²) in [5.74, 6) is 0. The van der Waals surface area contributed by atoms with Crippen LogP contribution in [0.5, 0.6) is 0 Å². The van der Waals surface area contributed by atoms with E-state index in [1.807, 2.05) is 146 Å². The lowest BCUT2D eigenvalue weighted by Crippen LogP contribution is -1.97. The Morgan fingerprint density at radius 3 is 1.55 bits per heavy atom. The molecule has 8 bridgehead atoms. The van der Waals surface area contributed by atoms with Gasteiger partial charge in [-0.2, -0.15) is 0 Å². The standard InChI is InChI=1S/C44H26Cl4N4.C9H7N/c45-29-7-1-26(2-8-29)41-39-22-19-36(51-39)24-35-16-15-33(49-35)23-34-17-18-37(50-34)25-40-42(27-3-9-30(46)10-4-27)43(28-5-11-31(47)12-6-28)44(41)52(40)38-20-13-32(48)14-21-38;1-2-6-9-8(4-1)5-3-7-10-9/h1-25,49H;1-7H. The van der Waals surface area contributed by atoms with Crippen LogP contribution in [0.15, 0.2) is 170 Å². The molecule has 0 fully saturated rings. The van der Waals surface area contributed by atoms with Crippen molar-refractivity contribution in [1.82, 2.24) is 24.5 Å². The van der Waals surface area contributed by atoms with Gasteiger partial charge in [-0.05, 0) is 144 Å². The smallest absolute Gasteiger partial charge is 0.0737 e. The van der Waals surface area contributed by atoms with E-state index in [9.17, 15) is 0 Å². The molecule has 0 amide bonds. The van der Waals surface area contributed by atoms with E-state index < -0.39 is 0 Å². The quantitative estimate of drug-likeness (QED) is 0.192. The summed E-state index contributed by atoms with van der Waals surface area (Å²) in [7, 11) is 0. The third kappa shape index (κ3) is 8.07. The monoisotopic (exact) mass is 879 g/mol. The first kappa shape index (κ1) is 39.4. The average molecular weight is 882 g/mol. The summed E-state index contributed by atoms with van der Waals surface area (Å²) < 4.78 is 2.28. The number of benzene rings is 5. The molecule has 0 aliphatic carbocycles. The zero-order valence-corrected chi connectivity index (χ0v) is 35.8. The molecule has 9 aromatic rings. The highest BCUT2D eigenvalue weighted by Gasteiger charge is 2.26. The van der Waals surface area contributed by atoms with Crippen LogP contribution in [0, 0.1) is 0 Å². The normalized spacial score (nSPS) is 11.7. The van der Waals surface area contributed by atoms with Gasteiger partial charge in [-0.15, -0.1) is 0 Å². The molecule has 9 heteroatoms. The third-order valence-electron chi connectivity index (χ3n) is 10.7. The number of nitrogens with one attached hydrogen (secondary N) is 1. The second-order valence-corrected chi connectivity index (χ2v) is 16.5. The minimum Gasteiger partial charge on any atom is -0.355 e. The number of aromatic amines is 1. The lowest BCUT2D eigenvalue weighted by molar-refractivity contribution is 1.17. The molecule has 0 atom stereocenters. The highest BCUT2D eigenvalue weighted by molar-refractivity contribution is 6.31. The fourth-order valence-electron chi connectivity index (χ4n) is 7.88. The minimum absolute atomic E-state index is 0.637. The molecule has 0 unspecified atom stereocenters. The highest BCUT2D eigenvalue weighted by Crippen LogP contribution is 2.47. The van der Waals surface area contributed by atoms with Crippen molar-refractivity contribution in [3.05, 3.63) is 213 Å². The van der Waals surface area contributed by atoms with E-state index in [1.165, 1.54) is 5.39 Å². The van der Waals surface area contributed by atoms with Crippen LogP contribution in [0.4, 0.5) is 0 Å². The Bertz CT molecular complexity index is 3300. The van der Waals surface area contributed by atoms with Crippen molar-refractivity contribution in [3.63, 3.8) is 0 Å². The van der Waals surface area contributed by atoms with Crippen LogP contribution in [0.25, 0.3) is 96.3 Å². The summed E-state index contributed by atoms with van der Waals surface area (Å²) in [6.45, 7) is 0. The number of H-pyrrole nitrogens is 1. The zero-order chi connectivity index (χ0) is 42.2. The number of fused-ring (bicyclic) bond motifs is 9. The largest absolute Gasteiger partial charge is 0.355 e. The molecule has 0 radical (unpaired) electrons. The Labute approximate surface area is 377 Å². The van der Waals surface area contributed by atoms with Crippen molar-refractivity contribution in [1.29, 1.82) is 0 Å². The van der Waals surface area contributed by atoms with Gasteiger partial charge >= 0.3 is 0 Å². The summed E-state index contributed by atoms with van der Waals surface area (Å²) in [6.07, 6.45) is 10.00. The minimum atomic E-state index is 0.637. The van der Waals surface area contributed by atoms with Crippen molar-refractivity contribution in [2.75, 3.05) is 0 Å². The molecular weight excluding hydrogens is 848 g/mol. The molecule has 2 aliphatic rings. The number of hydrogen-bond acceptors (Lipinski definition) is 3. The molecular formula is C53H33Cl4N5. The molecule has 62 heavy (non-hydrogen) atoms. The van der Waals surface area contributed by atoms with E-state index in [1.54, 1.807) is 0 Å². The van der Waals surface area contributed by atoms with E-state index >= 15 is 0 Å². The summed E-state index contributed by atoms with van der Waals surface area (Å²) >= 11 is 26.0. The van der Waals surface area contributed by atoms with Crippen molar-refractivity contribution >= 4 is 104 Å². The number of nitrogens with zero attached hydrogens (tertiary/aromatic N) is 4. The number of pyridine rings is 1.